The van der Waals surface area contributed by atoms with Crippen LogP contribution in [0.4, 0.5) is 0 Å². The summed E-state index contributed by atoms with van der Waals surface area (Å²) in [6.07, 6.45) is 10.2. The van der Waals surface area contributed by atoms with Gasteiger partial charge in [0.15, 0.2) is 0 Å². The van der Waals surface area contributed by atoms with Gasteiger partial charge in [-0.05, 0) is 19.3 Å². The summed E-state index contributed by atoms with van der Waals surface area (Å²) in [5, 5.41) is 9.93. The third-order valence-electron chi connectivity index (χ3n) is 4.09. The largest absolute Gasteiger partial charge is 0.472 e. The van der Waals surface area contributed by atoms with Crippen LogP contribution >= 0.6 is 7.82 Å². The van der Waals surface area contributed by atoms with Crippen molar-refractivity contribution in [3.63, 3.8) is 0 Å². The van der Waals surface area contributed by atoms with E-state index in [1.54, 1.807) is 0 Å². The highest BCUT2D eigenvalue weighted by atomic mass is 31.2. The molecule has 0 aliphatic carbocycles. The van der Waals surface area contributed by atoms with Gasteiger partial charge in [-0.25, -0.2) is 4.57 Å². The molecule has 0 aromatic heterocycles. The van der Waals surface area contributed by atoms with Gasteiger partial charge in [-0.15, -0.1) is 0 Å². The highest BCUT2D eigenvalue weighted by Crippen LogP contribution is 2.43. The van der Waals surface area contributed by atoms with Crippen LogP contribution < -0.4 is 0 Å². The van der Waals surface area contributed by atoms with E-state index in [4.69, 9.17) is 9.05 Å². The molecule has 0 spiro atoms. The van der Waals surface area contributed by atoms with Crippen LogP contribution in [0.3, 0.4) is 0 Å². The minimum atomic E-state index is -3.97. The number of phosphoric ester groups is 1. The number of rotatable bonds is 17. The second-order valence-electron chi connectivity index (χ2n) is 7.85. The Morgan fingerprint density at radius 2 is 1.40 bits per heavy atom. The van der Waals surface area contributed by atoms with Gasteiger partial charge in [0.2, 0.25) is 0 Å². The molecule has 0 saturated heterocycles. The van der Waals surface area contributed by atoms with Crippen LogP contribution in [0.1, 0.15) is 71.1 Å². The summed E-state index contributed by atoms with van der Waals surface area (Å²) in [6, 6.07) is 0. The van der Waals surface area contributed by atoms with Gasteiger partial charge in [-0.3, -0.25) is 9.05 Å². The molecule has 0 aliphatic heterocycles. The molecule has 0 aliphatic rings. The maximum atomic E-state index is 11.7. The highest BCUT2D eigenvalue weighted by Gasteiger charge is 2.22. The van der Waals surface area contributed by atoms with Gasteiger partial charge in [0.1, 0.15) is 13.2 Å². The van der Waals surface area contributed by atoms with E-state index in [1.807, 2.05) is 21.1 Å². The third kappa shape index (κ3) is 18.6. The second kappa shape index (κ2) is 14.1. The fraction of sp³-hybridized carbons (Fsp3) is 1.00. The molecular formula is C18H41NO5P+. The average Bonchev–Trinajstić information content (AvgIpc) is 2.49. The van der Waals surface area contributed by atoms with Crippen molar-refractivity contribution in [1.29, 1.82) is 0 Å². The molecule has 2 unspecified atom stereocenters. The van der Waals surface area contributed by atoms with Gasteiger partial charge >= 0.3 is 7.82 Å². The summed E-state index contributed by atoms with van der Waals surface area (Å²) in [5.74, 6) is 0. The van der Waals surface area contributed by atoms with Crippen LogP contribution in [-0.2, 0) is 13.6 Å². The monoisotopic (exact) mass is 382 g/mol. The minimum absolute atomic E-state index is 0.131. The average molecular weight is 383 g/mol. The molecule has 0 rings (SSSR count). The summed E-state index contributed by atoms with van der Waals surface area (Å²) in [6.45, 7) is 3.16. The van der Waals surface area contributed by atoms with Crippen molar-refractivity contribution in [1.82, 2.24) is 0 Å². The molecule has 0 aromatic carbocycles. The smallest absolute Gasteiger partial charge is 0.393 e. The summed E-state index contributed by atoms with van der Waals surface area (Å²) in [7, 11) is 1.99. The Balaban J connectivity index is 3.57. The Bertz CT molecular complexity index is 360. The fourth-order valence-electron chi connectivity index (χ4n) is 2.45. The Morgan fingerprint density at radius 3 is 2.00 bits per heavy atom. The molecule has 2 atom stereocenters. The molecule has 0 amide bonds. The van der Waals surface area contributed by atoms with Crippen LogP contribution in [-0.4, -0.2) is 61.5 Å². The van der Waals surface area contributed by atoms with Crippen molar-refractivity contribution in [3.8, 4) is 0 Å². The Kier molecular flexibility index (Phi) is 14.1. The number of likely N-dealkylation sites (N-methyl/N-ethyl adjacent to an activating group) is 1. The molecule has 2 N–H and O–H groups in total. The topological polar surface area (TPSA) is 76.0 Å². The van der Waals surface area contributed by atoms with Crippen molar-refractivity contribution in [2.75, 3.05) is 40.9 Å². The van der Waals surface area contributed by atoms with Crippen LogP contribution in [0.2, 0.25) is 0 Å². The lowest BCUT2D eigenvalue weighted by atomic mass is 10.0. The van der Waals surface area contributed by atoms with Crippen molar-refractivity contribution in [3.05, 3.63) is 0 Å². The molecule has 0 bridgehead atoms. The molecule has 25 heavy (non-hydrogen) atoms. The first-order valence-corrected chi connectivity index (χ1v) is 11.3. The lowest BCUT2D eigenvalue weighted by molar-refractivity contribution is -0.870. The highest BCUT2D eigenvalue weighted by molar-refractivity contribution is 7.47. The Morgan fingerprint density at radius 1 is 0.880 bits per heavy atom. The predicted octanol–water partition coefficient (Wildman–Crippen LogP) is 4.11. The normalized spacial score (nSPS) is 15.9. The van der Waals surface area contributed by atoms with Gasteiger partial charge in [0, 0.05) is 0 Å². The molecule has 152 valence electrons. The first-order chi connectivity index (χ1) is 11.7. The van der Waals surface area contributed by atoms with Crippen LogP contribution in [0.15, 0.2) is 0 Å². The zero-order valence-electron chi connectivity index (χ0n) is 16.8. The molecule has 0 saturated carbocycles. The first kappa shape index (κ1) is 25.0. The number of aliphatic hydroxyl groups excluding tert-OH is 1. The van der Waals surface area contributed by atoms with Gasteiger partial charge in [0.25, 0.3) is 0 Å². The predicted molar refractivity (Wildman–Crippen MR) is 102 cm³/mol. The van der Waals surface area contributed by atoms with E-state index in [9.17, 15) is 14.6 Å². The van der Waals surface area contributed by atoms with Crippen LogP contribution in [0, 0.1) is 0 Å². The molecule has 0 heterocycles. The molecular weight excluding hydrogens is 341 g/mol. The number of aliphatic hydroxyl groups is 1. The maximum Gasteiger partial charge on any atom is 0.472 e. The van der Waals surface area contributed by atoms with Gasteiger partial charge < -0.3 is 14.5 Å². The van der Waals surface area contributed by atoms with E-state index in [0.717, 1.165) is 12.8 Å². The summed E-state index contributed by atoms with van der Waals surface area (Å²) >= 11 is 0. The van der Waals surface area contributed by atoms with E-state index in [0.29, 0.717) is 23.9 Å². The summed E-state index contributed by atoms with van der Waals surface area (Å²) in [4.78, 5) is 9.58. The van der Waals surface area contributed by atoms with Crippen LogP contribution in [0.5, 0.6) is 0 Å². The number of phosphoric acid groups is 1. The zero-order chi connectivity index (χ0) is 19.2. The number of nitrogens with zero attached hydrogens (tertiary/aromatic N) is 1. The van der Waals surface area contributed by atoms with E-state index in [1.165, 1.54) is 38.5 Å². The summed E-state index contributed by atoms with van der Waals surface area (Å²) in [5.41, 5.74) is 0. The van der Waals surface area contributed by atoms with E-state index in [-0.39, 0.29) is 19.3 Å². The van der Waals surface area contributed by atoms with Crippen molar-refractivity contribution in [2.24, 2.45) is 0 Å². The number of hydrogen-bond donors (Lipinski definition) is 2. The Hall–Kier alpha value is 0.0300. The lowest BCUT2D eigenvalue weighted by Crippen LogP contribution is -2.37. The molecule has 0 radical (unpaired) electrons. The second-order valence-corrected chi connectivity index (χ2v) is 9.31. The van der Waals surface area contributed by atoms with Gasteiger partial charge in [0.05, 0.1) is 33.9 Å². The van der Waals surface area contributed by atoms with E-state index < -0.39 is 7.82 Å². The van der Waals surface area contributed by atoms with E-state index in [2.05, 4.69) is 6.92 Å². The van der Waals surface area contributed by atoms with Crippen molar-refractivity contribution in [2.45, 2.75) is 77.2 Å². The van der Waals surface area contributed by atoms with Crippen LogP contribution in [0.25, 0.3) is 0 Å². The zero-order valence-corrected chi connectivity index (χ0v) is 17.7. The number of unbranched alkanes of at least 4 members (excludes halogenated alkanes) is 6. The molecule has 0 fully saturated rings. The van der Waals surface area contributed by atoms with Gasteiger partial charge in [-0.1, -0.05) is 51.9 Å². The SMILES string of the molecule is CCCCCCCCCC(O)CCCOP(=O)(O)OCC[N+](C)(C)C. The minimum Gasteiger partial charge on any atom is -0.393 e. The first-order valence-electron chi connectivity index (χ1n) is 9.76. The quantitative estimate of drug-likeness (QED) is 0.225. The maximum absolute atomic E-state index is 11.7. The number of hydrogen-bond acceptors (Lipinski definition) is 4. The molecule has 6 nitrogen and oxygen atoms in total. The Labute approximate surface area is 154 Å². The van der Waals surface area contributed by atoms with Crippen molar-refractivity contribution >= 4 is 7.82 Å². The number of quaternary nitrogens is 1. The molecule has 7 heteroatoms. The summed E-state index contributed by atoms with van der Waals surface area (Å²) < 4.78 is 22.3. The lowest BCUT2D eigenvalue weighted by Gasteiger charge is -2.24. The van der Waals surface area contributed by atoms with E-state index >= 15 is 0 Å². The molecule has 0 aromatic rings. The van der Waals surface area contributed by atoms with Gasteiger partial charge in [-0.2, -0.15) is 0 Å². The fourth-order valence-corrected chi connectivity index (χ4v) is 3.19. The standard InChI is InChI=1S/C18H40NO5P/c1-5-6-7-8-9-10-11-13-18(20)14-12-16-23-25(21,22)24-17-15-19(2,3)4/h18,20H,5-17H2,1-4H3/p+1. The van der Waals surface area contributed by atoms with Crippen molar-refractivity contribution < 1.29 is 28.1 Å². The third-order valence-corrected chi connectivity index (χ3v) is 5.11.